The zero-order valence-electron chi connectivity index (χ0n) is 6.56. The van der Waals surface area contributed by atoms with Gasteiger partial charge in [-0.3, -0.25) is 0 Å². The van der Waals surface area contributed by atoms with Crippen LogP contribution in [0.4, 0.5) is 4.39 Å². The van der Waals surface area contributed by atoms with E-state index in [9.17, 15) is 4.39 Å². The van der Waals surface area contributed by atoms with Crippen LogP contribution in [0.15, 0.2) is 18.2 Å². The summed E-state index contributed by atoms with van der Waals surface area (Å²) in [5.74, 6) is 4.23. The molecule has 0 heterocycles. The van der Waals surface area contributed by atoms with E-state index in [0.29, 0.717) is 5.56 Å². The molecular formula is C10H6FN. The van der Waals surface area contributed by atoms with Crippen LogP contribution in [-0.2, 0) is 0 Å². The van der Waals surface area contributed by atoms with Gasteiger partial charge >= 0.3 is 0 Å². The fraction of sp³-hybridized carbons (Fsp3) is 0.100. The summed E-state index contributed by atoms with van der Waals surface area (Å²) in [6.45, 7) is 1.75. The number of benzene rings is 1. The first-order chi connectivity index (χ1) is 5.75. The predicted molar refractivity (Wildman–Crippen MR) is 43.6 cm³/mol. The van der Waals surface area contributed by atoms with Crippen molar-refractivity contribution in [1.82, 2.24) is 0 Å². The molecule has 0 aromatic heterocycles. The van der Waals surface area contributed by atoms with Gasteiger partial charge in [-0.1, -0.05) is 12.1 Å². The van der Waals surface area contributed by atoms with Crippen LogP contribution in [0.25, 0.3) is 0 Å². The van der Waals surface area contributed by atoms with Crippen molar-refractivity contribution in [3.05, 3.63) is 35.1 Å². The second kappa shape index (κ2) is 3.55. The molecule has 0 bridgehead atoms. The molecular weight excluding hydrogens is 153 g/mol. The van der Waals surface area contributed by atoms with E-state index in [1.54, 1.807) is 25.1 Å². The van der Waals surface area contributed by atoms with Crippen molar-refractivity contribution < 1.29 is 4.39 Å². The lowest BCUT2D eigenvalue weighted by molar-refractivity contribution is 0.623. The minimum Gasteiger partial charge on any atom is -0.206 e. The summed E-state index contributed by atoms with van der Waals surface area (Å²) in [6, 6.07) is 6.34. The molecule has 58 valence electrons. The van der Waals surface area contributed by atoms with Crippen LogP contribution in [0.2, 0.25) is 0 Å². The average molecular weight is 159 g/mol. The summed E-state index contributed by atoms with van der Waals surface area (Å²) in [4.78, 5) is 0. The molecule has 0 unspecified atom stereocenters. The van der Waals surface area contributed by atoms with Gasteiger partial charge < -0.3 is 0 Å². The molecule has 0 N–H and O–H groups in total. The molecule has 0 saturated carbocycles. The average Bonchev–Trinajstić information content (AvgIpc) is 2.04. The van der Waals surface area contributed by atoms with E-state index in [1.165, 1.54) is 6.07 Å². The maximum absolute atomic E-state index is 13.0. The second-order valence-electron chi connectivity index (χ2n) is 2.29. The smallest absolute Gasteiger partial charge is 0.152 e. The van der Waals surface area contributed by atoms with Gasteiger partial charge in [0.15, 0.2) is 6.07 Å². The molecule has 2 heteroatoms. The molecule has 1 aromatic carbocycles. The lowest BCUT2D eigenvalue weighted by Crippen LogP contribution is -1.86. The zero-order chi connectivity index (χ0) is 8.97. The summed E-state index contributed by atoms with van der Waals surface area (Å²) in [5, 5.41) is 8.16. The van der Waals surface area contributed by atoms with Gasteiger partial charge in [0.25, 0.3) is 0 Å². The van der Waals surface area contributed by atoms with Crippen LogP contribution < -0.4 is 0 Å². The number of halogens is 1. The van der Waals surface area contributed by atoms with Crippen LogP contribution in [0, 0.1) is 35.9 Å². The molecule has 0 atom stereocenters. The van der Waals surface area contributed by atoms with Crippen molar-refractivity contribution in [3.8, 4) is 17.9 Å². The van der Waals surface area contributed by atoms with Crippen LogP contribution >= 0.6 is 0 Å². The normalized spacial score (nSPS) is 8.08. The highest BCUT2D eigenvalue weighted by molar-refractivity contribution is 5.43. The van der Waals surface area contributed by atoms with Gasteiger partial charge in [0.05, 0.1) is 5.56 Å². The van der Waals surface area contributed by atoms with E-state index < -0.39 is 0 Å². The first kappa shape index (κ1) is 8.30. The van der Waals surface area contributed by atoms with Gasteiger partial charge in [0.2, 0.25) is 0 Å². The topological polar surface area (TPSA) is 23.8 Å². The highest BCUT2D eigenvalue weighted by Gasteiger charge is 2.00. The summed E-state index contributed by atoms with van der Waals surface area (Å²) >= 11 is 0. The maximum Gasteiger partial charge on any atom is 0.152 e. The van der Waals surface area contributed by atoms with Crippen LogP contribution in [-0.4, -0.2) is 0 Å². The van der Waals surface area contributed by atoms with Gasteiger partial charge in [-0.05, 0) is 24.5 Å². The fourth-order valence-electron chi connectivity index (χ4n) is 0.881. The third-order valence-electron chi connectivity index (χ3n) is 1.47. The Labute approximate surface area is 70.4 Å². The lowest BCUT2D eigenvalue weighted by atomic mass is 10.1. The summed E-state index contributed by atoms with van der Waals surface area (Å²) < 4.78 is 13.0. The maximum atomic E-state index is 13.0. The number of nitriles is 1. The Bertz CT molecular complexity index is 370. The van der Waals surface area contributed by atoms with Crippen molar-refractivity contribution in [1.29, 1.82) is 5.26 Å². The quantitative estimate of drug-likeness (QED) is 0.531. The van der Waals surface area contributed by atoms with Gasteiger partial charge in [-0.2, -0.15) is 5.26 Å². The molecule has 0 aliphatic carbocycles. The van der Waals surface area contributed by atoms with Gasteiger partial charge in [0.1, 0.15) is 5.82 Å². The first-order valence-corrected chi connectivity index (χ1v) is 3.41. The molecule has 0 aliphatic rings. The number of nitrogens with zero attached hydrogens (tertiary/aromatic N) is 1. The number of aryl methyl sites for hydroxylation is 1. The van der Waals surface area contributed by atoms with E-state index in [1.807, 2.05) is 0 Å². The molecule has 1 rings (SSSR count). The molecule has 12 heavy (non-hydrogen) atoms. The predicted octanol–water partition coefficient (Wildman–Crippen LogP) is 2.01. The van der Waals surface area contributed by atoms with Crippen molar-refractivity contribution >= 4 is 0 Å². The summed E-state index contributed by atoms with van der Waals surface area (Å²) in [6.07, 6.45) is 0. The first-order valence-electron chi connectivity index (χ1n) is 3.41. The van der Waals surface area contributed by atoms with E-state index in [-0.39, 0.29) is 5.82 Å². The van der Waals surface area contributed by atoms with Crippen molar-refractivity contribution in [3.63, 3.8) is 0 Å². The number of hydrogen-bond donors (Lipinski definition) is 0. The number of rotatable bonds is 0. The molecule has 0 radical (unpaired) electrons. The lowest BCUT2D eigenvalue weighted by Gasteiger charge is -1.96. The Hall–Kier alpha value is -1.80. The van der Waals surface area contributed by atoms with E-state index in [4.69, 9.17) is 5.26 Å². The molecule has 0 aliphatic heterocycles. The zero-order valence-corrected chi connectivity index (χ0v) is 6.56. The van der Waals surface area contributed by atoms with Gasteiger partial charge in [-0.15, -0.1) is 0 Å². The largest absolute Gasteiger partial charge is 0.206 e. The van der Waals surface area contributed by atoms with E-state index in [2.05, 4.69) is 11.8 Å². The molecule has 0 fully saturated rings. The number of hydrogen-bond acceptors (Lipinski definition) is 1. The Balaban J connectivity index is 3.24. The third kappa shape index (κ3) is 1.62. The van der Waals surface area contributed by atoms with Crippen molar-refractivity contribution in [2.45, 2.75) is 6.92 Å². The highest BCUT2D eigenvalue weighted by atomic mass is 19.1. The SMILES string of the molecule is Cc1cccc(F)c1C#CC#N. The highest BCUT2D eigenvalue weighted by Crippen LogP contribution is 2.10. The standard InChI is InChI=1S/C10H6FN/c1-8-4-2-6-10(11)9(8)5-3-7-12/h2,4,6H,1H3. The molecule has 1 aromatic rings. The Morgan fingerprint density at radius 1 is 1.42 bits per heavy atom. The van der Waals surface area contributed by atoms with Crippen molar-refractivity contribution in [2.24, 2.45) is 0 Å². The van der Waals surface area contributed by atoms with Gasteiger partial charge in [0, 0.05) is 5.92 Å². The molecule has 0 saturated heterocycles. The van der Waals surface area contributed by atoms with Crippen LogP contribution in [0.1, 0.15) is 11.1 Å². The summed E-state index contributed by atoms with van der Waals surface area (Å²) in [5.41, 5.74) is 1.05. The monoisotopic (exact) mass is 159 g/mol. The molecule has 0 amide bonds. The van der Waals surface area contributed by atoms with Crippen LogP contribution in [0.5, 0.6) is 0 Å². The van der Waals surface area contributed by atoms with Crippen molar-refractivity contribution in [2.75, 3.05) is 0 Å². The molecule has 0 spiro atoms. The minimum absolute atomic E-state index is 0.305. The fourth-order valence-corrected chi connectivity index (χ4v) is 0.881. The Morgan fingerprint density at radius 2 is 2.17 bits per heavy atom. The van der Waals surface area contributed by atoms with E-state index in [0.717, 1.165) is 5.56 Å². The molecule has 1 nitrogen and oxygen atoms in total. The minimum atomic E-state index is -0.377. The van der Waals surface area contributed by atoms with Gasteiger partial charge in [-0.25, -0.2) is 4.39 Å². The Morgan fingerprint density at radius 3 is 2.75 bits per heavy atom. The summed E-state index contributed by atoms with van der Waals surface area (Å²) in [7, 11) is 0. The van der Waals surface area contributed by atoms with E-state index >= 15 is 0 Å². The second-order valence-corrected chi connectivity index (χ2v) is 2.29. The van der Waals surface area contributed by atoms with Crippen LogP contribution in [0.3, 0.4) is 0 Å². The Kier molecular flexibility index (Phi) is 2.46. The third-order valence-corrected chi connectivity index (χ3v) is 1.47.